The maximum atomic E-state index is 13.3. The number of anilines is 2. The fraction of sp³-hybridized carbons (Fsp3) is 0.185. The van der Waals surface area contributed by atoms with Gasteiger partial charge in [-0.3, -0.25) is 19.2 Å². The number of benzene rings is 3. The van der Waals surface area contributed by atoms with Crippen molar-refractivity contribution in [1.29, 1.82) is 0 Å². The van der Waals surface area contributed by atoms with Crippen LogP contribution in [0.25, 0.3) is 0 Å². The van der Waals surface area contributed by atoms with Crippen LogP contribution >= 0.6 is 63.7 Å². The minimum Gasteiger partial charge on any atom is -0.497 e. The first-order valence-electron chi connectivity index (χ1n) is 11.5. The van der Waals surface area contributed by atoms with Crippen molar-refractivity contribution in [2.24, 2.45) is 5.92 Å². The van der Waals surface area contributed by atoms with Gasteiger partial charge in [0.25, 0.3) is 11.8 Å². The highest BCUT2D eigenvalue weighted by Crippen LogP contribution is 2.46. The maximum Gasteiger partial charge on any atom is 0.316 e. The molecule has 2 aliphatic heterocycles. The van der Waals surface area contributed by atoms with Gasteiger partial charge in [-0.05, 0) is 107 Å². The highest BCUT2D eigenvalue weighted by molar-refractivity contribution is 9.15. The molecule has 39 heavy (non-hydrogen) atoms. The lowest BCUT2D eigenvalue weighted by Gasteiger charge is -2.18. The van der Waals surface area contributed by atoms with E-state index in [1.54, 1.807) is 50.4 Å². The molecule has 0 bridgehead atoms. The van der Waals surface area contributed by atoms with Crippen LogP contribution in [0.4, 0.5) is 11.4 Å². The minimum atomic E-state index is -0.647. The molecule has 2 heterocycles. The Morgan fingerprint density at radius 1 is 0.872 bits per heavy atom. The zero-order valence-corrected chi connectivity index (χ0v) is 26.7. The number of halogens is 4. The summed E-state index contributed by atoms with van der Waals surface area (Å²) < 4.78 is 13.0. The van der Waals surface area contributed by atoms with Crippen molar-refractivity contribution in [2.45, 2.75) is 13.3 Å². The zero-order valence-electron chi connectivity index (χ0n) is 20.4. The predicted molar refractivity (Wildman–Crippen MR) is 159 cm³/mol. The topological polar surface area (TPSA) is 93.2 Å². The van der Waals surface area contributed by atoms with Crippen molar-refractivity contribution in [2.75, 3.05) is 23.5 Å². The monoisotopic (exact) mass is 782 g/mol. The molecule has 3 aromatic rings. The first-order chi connectivity index (χ1) is 18.5. The van der Waals surface area contributed by atoms with Gasteiger partial charge in [0.2, 0.25) is 5.91 Å². The zero-order chi connectivity index (χ0) is 28.2. The molecule has 1 saturated heterocycles. The number of hydrogen-bond donors (Lipinski definition) is 0. The Bertz CT molecular complexity index is 1540. The first-order valence-corrected chi connectivity index (χ1v) is 14.7. The molecule has 200 valence electrons. The quantitative estimate of drug-likeness (QED) is 0.0929. The van der Waals surface area contributed by atoms with Crippen molar-refractivity contribution >= 4 is 98.8 Å². The second-order valence-electron chi connectivity index (χ2n) is 8.93. The molecule has 0 spiro atoms. The number of carbonyl (C=O) groups is 4. The molecule has 1 fully saturated rings. The van der Waals surface area contributed by atoms with Crippen LogP contribution in [0.5, 0.6) is 11.5 Å². The number of nitrogens with zero attached hydrogens (tertiary/aromatic N) is 2. The highest BCUT2D eigenvalue weighted by atomic mass is 79.9. The number of esters is 1. The highest BCUT2D eigenvalue weighted by Gasteiger charge is 2.42. The van der Waals surface area contributed by atoms with E-state index in [-0.39, 0.29) is 35.7 Å². The van der Waals surface area contributed by atoms with Crippen LogP contribution in [0.2, 0.25) is 0 Å². The summed E-state index contributed by atoms with van der Waals surface area (Å²) in [6.07, 6.45) is 0.0248. The van der Waals surface area contributed by atoms with E-state index in [0.717, 1.165) is 4.90 Å². The molecule has 12 heteroatoms. The van der Waals surface area contributed by atoms with Crippen LogP contribution in [0.1, 0.15) is 32.7 Å². The Labute approximate surface area is 257 Å². The molecule has 0 aliphatic carbocycles. The minimum absolute atomic E-state index is 0.0248. The molecule has 3 amide bonds. The van der Waals surface area contributed by atoms with E-state index in [9.17, 15) is 19.2 Å². The predicted octanol–water partition coefficient (Wildman–Crippen LogP) is 6.81. The third-order valence-corrected chi connectivity index (χ3v) is 11.3. The SMILES string of the molecule is COc1cccc(N2C[C@H](C(=O)Oc3ccc(N4C(=O)c5c(Br)c(Br)c(Br)c(Br)c5C4=O)c(C)c3)CC2=O)c1. The summed E-state index contributed by atoms with van der Waals surface area (Å²) in [5, 5.41) is 0. The summed E-state index contributed by atoms with van der Waals surface area (Å²) in [4.78, 5) is 54.9. The molecule has 0 N–H and O–H groups in total. The Morgan fingerprint density at radius 2 is 1.51 bits per heavy atom. The number of rotatable bonds is 5. The Morgan fingerprint density at radius 3 is 2.10 bits per heavy atom. The van der Waals surface area contributed by atoms with Crippen LogP contribution < -0.4 is 19.3 Å². The average molecular weight is 786 g/mol. The van der Waals surface area contributed by atoms with Gasteiger partial charge in [-0.15, -0.1) is 0 Å². The summed E-state index contributed by atoms with van der Waals surface area (Å²) >= 11 is 13.7. The van der Waals surface area contributed by atoms with E-state index in [1.165, 1.54) is 11.0 Å². The van der Waals surface area contributed by atoms with Gasteiger partial charge in [-0.25, -0.2) is 4.90 Å². The van der Waals surface area contributed by atoms with Gasteiger partial charge in [0, 0.05) is 42.6 Å². The van der Waals surface area contributed by atoms with Gasteiger partial charge in [0.1, 0.15) is 11.5 Å². The van der Waals surface area contributed by atoms with Gasteiger partial charge < -0.3 is 14.4 Å². The van der Waals surface area contributed by atoms with Gasteiger partial charge >= 0.3 is 5.97 Å². The lowest BCUT2D eigenvalue weighted by Crippen LogP contribution is -2.30. The second-order valence-corrected chi connectivity index (χ2v) is 12.1. The van der Waals surface area contributed by atoms with E-state index in [1.807, 2.05) is 0 Å². The molecule has 0 saturated carbocycles. The molecule has 0 aromatic heterocycles. The van der Waals surface area contributed by atoms with E-state index in [0.29, 0.717) is 40.6 Å². The molecule has 2 aliphatic rings. The van der Waals surface area contributed by atoms with E-state index in [2.05, 4.69) is 63.7 Å². The number of aryl methyl sites for hydroxylation is 1. The number of amides is 3. The Balaban J connectivity index is 1.34. The molecule has 5 rings (SSSR count). The van der Waals surface area contributed by atoms with Crippen molar-refractivity contribution in [3.63, 3.8) is 0 Å². The smallest absolute Gasteiger partial charge is 0.316 e. The third kappa shape index (κ3) is 4.85. The Kier molecular flexibility index (Phi) is 7.75. The van der Waals surface area contributed by atoms with Crippen molar-refractivity contribution in [3.8, 4) is 11.5 Å². The standard InChI is InChI=1S/C27H18Br4N2O6/c1-12-8-16(39-27(37)13-9-18(34)32(11-13)14-4-3-5-15(10-14)38-2)6-7-17(12)33-25(35)19-20(26(33)36)22(29)24(31)23(30)21(19)28/h3-8,10,13H,9,11H2,1-2H3/t13-/m1/s1. The largest absolute Gasteiger partial charge is 0.497 e. The van der Waals surface area contributed by atoms with Crippen molar-refractivity contribution in [1.82, 2.24) is 0 Å². The van der Waals surface area contributed by atoms with Crippen LogP contribution in [0.15, 0.2) is 60.4 Å². The Hall–Kier alpha value is -2.54. The van der Waals surface area contributed by atoms with Crippen LogP contribution in [-0.4, -0.2) is 37.3 Å². The number of ether oxygens (including phenoxy) is 2. The number of carbonyl (C=O) groups excluding carboxylic acids is 4. The van der Waals surface area contributed by atoms with Crippen LogP contribution in [0.3, 0.4) is 0 Å². The van der Waals surface area contributed by atoms with E-state index >= 15 is 0 Å². The number of fused-ring (bicyclic) bond motifs is 1. The third-order valence-electron chi connectivity index (χ3n) is 6.55. The van der Waals surface area contributed by atoms with Crippen molar-refractivity contribution < 1.29 is 28.7 Å². The maximum absolute atomic E-state index is 13.3. The summed E-state index contributed by atoms with van der Waals surface area (Å²) in [6, 6.07) is 11.7. The lowest BCUT2D eigenvalue weighted by molar-refractivity contribution is -0.139. The van der Waals surface area contributed by atoms with E-state index in [4.69, 9.17) is 9.47 Å². The number of imide groups is 1. The molecule has 1 atom stereocenters. The molecule has 0 unspecified atom stereocenters. The molecule has 8 nitrogen and oxygen atoms in total. The fourth-order valence-corrected chi connectivity index (χ4v) is 7.06. The van der Waals surface area contributed by atoms with Gasteiger partial charge in [0.15, 0.2) is 0 Å². The summed E-state index contributed by atoms with van der Waals surface area (Å²) in [5.41, 5.74) is 2.05. The molecule has 0 radical (unpaired) electrons. The van der Waals surface area contributed by atoms with Gasteiger partial charge in [-0.1, -0.05) is 6.07 Å². The molecule has 3 aromatic carbocycles. The van der Waals surface area contributed by atoms with Crippen LogP contribution in [0, 0.1) is 12.8 Å². The number of methoxy groups -OCH3 is 1. The normalized spacial score (nSPS) is 16.7. The molecular weight excluding hydrogens is 768 g/mol. The van der Waals surface area contributed by atoms with Crippen LogP contribution in [-0.2, 0) is 9.59 Å². The summed E-state index contributed by atoms with van der Waals surface area (Å²) in [7, 11) is 1.54. The fourth-order valence-electron chi connectivity index (χ4n) is 4.60. The number of hydrogen-bond acceptors (Lipinski definition) is 6. The van der Waals surface area contributed by atoms with Gasteiger partial charge in [0.05, 0.1) is 29.8 Å². The van der Waals surface area contributed by atoms with Gasteiger partial charge in [-0.2, -0.15) is 0 Å². The van der Waals surface area contributed by atoms with E-state index < -0.39 is 23.7 Å². The second kappa shape index (κ2) is 10.8. The van der Waals surface area contributed by atoms with Crippen molar-refractivity contribution in [3.05, 3.63) is 77.0 Å². The summed E-state index contributed by atoms with van der Waals surface area (Å²) in [6.45, 7) is 1.90. The summed E-state index contributed by atoms with van der Waals surface area (Å²) in [5.74, 6) is -1.47. The average Bonchev–Trinajstić information content (AvgIpc) is 3.43. The lowest BCUT2D eigenvalue weighted by atomic mass is 10.1. The first kappa shape index (κ1) is 28.0. The molecular formula is C27H18Br4N2O6.